The molecule has 1 fully saturated rings. The Morgan fingerprint density at radius 1 is 0.430 bits per heavy atom. The van der Waals surface area contributed by atoms with Crippen molar-refractivity contribution in [2.24, 2.45) is 0 Å². The highest BCUT2D eigenvalue weighted by Gasteiger charge is 2.50. The zero-order valence-electron chi connectivity index (χ0n) is 49.8. The summed E-state index contributed by atoms with van der Waals surface area (Å²) in [6.07, 6.45) is 58.3. The van der Waals surface area contributed by atoms with Crippen molar-refractivity contribution in [3.8, 4) is 0 Å². The first kappa shape index (κ1) is 72.9. The summed E-state index contributed by atoms with van der Waals surface area (Å²) in [5, 5.41) is 31.6. The molecule has 0 aliphatic carbocycles. The fourth-order valence-corrected chi connectivity index (χ4v) is 9.10. The fourth-order valence-electron chi connectivity index (χ4n) is 9.10. The summed E-state index contributed by atoms with van der Waals surface area (Å²) in [6.45, 7) is 5.80. The van der Waals surface area contributed by atoms with Gasteiger partial charge in [0.05, 0.1) is 6.61 Å². The summed E-state index contributed by atoms with van der Waals surface area (Å²) >= 11 is 0. The van der Waals surface area contributed by atoms with Gasteiger partial charge in [-0.3, -0.25) is 14.4 Å². The van der Waals surface area contributed by atoms with Crippen LogP contribution in [0.3, 0.4) is 0 Å². The first-order valence-corrected chi connectivity index (χ1v) is 31.6. The van der Waals surface area contributed by atoms with Gasteiger partial charge in [0.2, 0.25) is 0 Å². The van der Waals surface area contributed by atoms with Crippen LogP contribution in [0.15, 0.2) is 85.1 Å². The van der Waals surface area contributed by atoms with Gasteiger partial charge in [-0.1, -0.05) is 221 Å². The van der Waals surface area contributed by atoms with E-state index >= 15 is 0 Å². The minimum Gasteiger partial charge on any atom is -0.479 e. The number of carbonyl (C=O) groups excluding carboxylic acids is 3. The van der Waals surface area contributed by atoms with Gasteiger partial charge in [0, 0.05) is 19.3 Å². The monoisotopic (exact) mass is 1110 g/mol. The number of carboxylic acid groups (broad SMARTS) is 1. The molecule has 0 aromatic heterocycles. The Morgan fingerprint density at radius 3 is 1.28 bits per heavy atom. The van der Waals surface area contributed by atoms with Crippen LogP contribution in [0.25, 0.3) is 0 Å². The molecule has 3 N–H and O–H groups in total. The molecule has 0 amide bonds. The van der Waals surface area contributed by atoms with E-state index in [0.29, 0.717) is 19.3 Å². The van der Waals surface area contributed by atoms with E-state index < -0.39 is 67.3 Å². The van der Waals surface area contributed by atoms with Crippen LogP contribution < -0.4 is 0 Å². The third-order valence-electron chi connectivity index (χ3n) is 13.9. The quantitative estimate of drug-likeness (QED) is 0.0228. The Morgan fingerprint density at radius 2 is 0.823 bits per heavy atom. The molecule has 0 radical (unpaired) electrons. The van der Waals surface area contributed by atoms with Gasteiger partial charge in [-0.2, -0.15) is 0 Å². The van der Waals surface area contributed by atoms with Crippen LogP contribution in [-0.2, 0) is 42.9 Å². The van der Waals surface area contributed by atoms with Crippen molar-refractivity contribution in [3.63, 3.8) is 0 Å². The number of allylic oxidation sites excluding steroid dienone is 14. The van der Waals surface area contributed by atoms with Crippen LogP contribution in [0.2, 0.25) is 0 Å². The molecule has 1 rings (SSSR count). The van der Waals surface area contributed by atoms with Gasteiger partial charge in [0.25, 0.3) is 0 Å². The van der Waals surface area contributed by atoms with Gasteiger partial charge < -0.3 is 39.0 Å². The minimum atomic E-state index is -1.91. The number of ether oxygens (including phenoxy) is 5. The number of hydrogen-bond acceptors (Lipinski definition) is 11. The van der Waals surface area contributed by atoms with Crippen molar-refractivity contribution in [1.29, 1.82) is 0 Å². The molecule has 1 aliphatic heterocycles. The highest BCUT2D eigenvalue weighted by Crippen LogP contribution is 2.26. The van der Waals surface area contributed by atoms with Crippen LogP contribution in [0.5, 0.6) is 0 Å². The molecule has 6 unspecified atom stereocenters. The summed E-state index contributed by atoms with van der Waals surface area (Å²) in [7, 11) is 0. The normalized spacial score (nSPS) is 18.4. The zero-order chi connectivity index (χ0) is 57.5. The molecule has 1 saturated heterocycles. The number of aliphatic hydroxyl groups is 2. The van der Waals surface area contributed by atoms with Crippen molar-refractivity contribution in [2.45, 2.75) is 302 Å². The molecule has 0 saturated carbocycles. The SMILES string of the molecule is CC/C=C\C/C=C\C/C=C\C/C=C\CCCCCCCCC(=O)OCC(COC1OC(C(=O)O)C(O)C(O)C1OC(=O)CCCCCCCCC/C=C\CCCCCCCC)OC(=O)CCCCCCC/C=C\C/C=C\CCC. The smallest absolute Gasteiger partial charge is 0.335 e. The maximum Gasteiger partial charge on any atom is 0.335 e. The molecule has 0 aromatic carbocycles. The third-order valence-corrected chi connectivity index (χ3v) is 13.9. The second kappa shape index (κ2) is 54.5. The van der Waals surface area contributed by atoms with Crippen molar-refractivity contribution in [3.05, 3.63) is 85.1 Å². The third kappa shape index (κ3) is 44.3. The van der Waals surface area contributed by atoms with E-state index in [0.717, 1.165) is 154 Å². The van der Waals surface area contributed by atoms with E-state index in [2.05, 4.69) is 106 Å². The number of aliphatic carboxylic acids is 1. The lowest BCUT2D eigenvalue weighted by Gasteiger charge is -2.40. The Hall–Kier alpha value is -4.10. The lowest BCUT2D eigenvalue weighted by Crippen LogP contribution is -2.61. The number of carbonyl (C=O) groups is 4. The predicted molar refractivity (Wildman–Crippen MR) is 321 cm³/mol. The van der Waals surface area contributed by atoms with Crippen molar-refractivity contribution >= 4 is 23.9 Å². The number of unbranched alkanes of at least 4 members (excludes halogenated alkanes) is 25. The average molecular weight is 1110 g/mol. The lowest BCUT2D eigenvalue weighted by molar-refractivity contribution is -0.301. The van der Waals surface area contributed by atoms with Crippen LogP contribution in [0, 0.1) is 0 Å². The topological polar surface area (TPSA) is 175 Å². The molecular formula is C67H112O12. The van der Waals surface area contributed by atoms with Crippen LogP contribution in [-0.4, -0.2) is 89.2 Å². The Bertz CT molecular complexity index is 1700. The Balaban J connectivity index is 2.67. The largest absolute Gasteiger partial charge is 0.479 e. The van der Waals surface area contributed by atoms with E-state index in [1.165, 1.54) is 51.4 Å². The molecule has 12 nitrogen and oxygen atoms in total. The van der Waals surface area contributed by atoms with Crippen molar-refractivity contribution < 1.29 is 58.2 Å². The standard InChI is InChI=1S/C67H112O12/c1-4-7-10-13-16-19-22-25-27-29-30-32-33-36-38-41-44-47-50-53-59(68)75-56-58(77-60(69)54-51-48-45-42-39-35-24-21-18-15-12-9-6-3)57-76-67-65(63(72)62(71)64(79-67)66(73)74)78-61(70)55-52-49-46-43-40-37-34-31-28-26-23-20-17-14-11-8-5-2/h7,10,12,15-16,19,21,24-28,30,32,58,62-65,67,71-72H,4-6,8-9,11,13-14,17-18,20,22-23,29,31,33-57H2,1-3H3,(H,73,74)/b10-7-,15-12-,19-16-,24-21-,27-25-,28-26-,32-30-. The molecule has 0 spiro atoms. The Labute approximate surface area is 480 Å². The summed E-state index contributed by atoms with van der Waals surface area (Å²) in [6, 6.07) is 0. The maximum absolute atomic E-state index is 13.2. The second-order valence-electron chi connectivity index (χ2n) is 21.3. The summed E-state index contributed by atoms with van der Waals surface area (Å²) in [4.78, 5) is 51.2. The van der Waals surface area contributed by atoms with Gasteiger partial charge in [-0.15, -0.1) is 0 Å². The van der Waals surface area contributed by atoms with E-state index in [4.69, 9.17) is 23.7 Å². The first-order chi connectivity index (χ1) is 38.6. The van der Waals surface area contributed by atoms with E-state index in [9.17, 15) is 34.5 Å². The number of esters is 3. The maximum atomic E-state index is 13.2. The van der Waals surface area contributed by atoms with Gasteiger partial charge in [-0.25, -0.2) is 4.79 Å². The Kier molecular flexibility index (Phi) is 50.3. The molecule has 1 aliphatic rings. The molecule has 0 aromatic rings. The van der Waals surface area contributed by atoms with Gasteiger partial charge in [0.15, 0.2) is 24.6 Å². The lowest BCUT2D eigenvalue weighted by atomic mass is 9.98. The van der Waals surface area contributed by atoms with Crippen LogP contribution in [0.4, 0.5) is 0 Å². The highest BCUT2D eigenvalue weighted by molar-refractivity contribution is 5.74. The molecule has 0 bridgehead atoms. The summed E-state index contributed by atoms with van der Waals surface area (Å²) in [5.74, 6) is -3.16. The van der Waals surface area contributed by atoms with E-state index in [1.54, 1.807) is 0 Å². The van der Waals surface area contributed by atoms with Gasteiger partial charge in [-0.05, 0) is 109 Å². The van der Waals surface area contributed by atoms with Gasteiger partial charge >= 0.3 is 23.9 Å². The molecular weight excluding hydrogens is 997 g/mol. The minimum absolute atomic E-state index is 0.0503. The molecule has 1 heterocycles. The highest BCUT2D eigenvalue weighted by atomic mass is 16.7. The number of hydrogen-bond donors (Lipinski definition) is 3. The second-order valence-corrected chi connectivity index (χ2v) is 21.3. The molecule has 79 heavy (non-hydrogen) atoms. The zero-order valence-corrected chi connectivity index (χ0v) is 49.8. The first-order valence-electron chi connectivity index (χ1n) is 31.6. The molecule has 6 atom stereocenters. The van der Waals surface area contributed by atoms with E-state index in [1.807, 2.05) is 0 Å². The number of carboxylic acids is 1. The summed E-state index contributed by atoms with van der Waals surface area (Å²) in [5.41, 5.74) is 0. The number of rotatable bonds is 53. The van der Waals surface area contributed by atoms with Crippen molar-refractivity contribution in [2.75, 3.05) is 13.2 Å². The number of aliphatic hydroxyl groups excluding tert-OH is 2. The predicted octanol–water partition coefficient (Wildman–Crippen LogP) is 16.7. The van der Waals surface area contributed by atoms with Crippen LogP contribution >= 0.6 is 0 Å². The summed E-state index contributed by atoms with van der Waals surface area (Å²) < 4.78 is 28.5. The average Bonchev–Trinajstić information content (AvgIpc) is 3.47. The van der Waals surface area contributed by atoms with E-state index in [-0.39, 0.29) is 25.9 Å². The van der Waals surface area contributed by atoms with Gasteiger partial charge in [0.1, 0.15) is 18.8 Å². The fraction of sp³-hybridized carbons (Fsp3) is 0.731. The molecule has 452 valence electrons. The van der Waals surface area contributed by atoms with Crippen molar-refractivity contribution in [1.82, 2.24) is 0 Å². The van der Waals surface area contributed by atoms with Crippen LogP contribution in [0.1, 0.15) is 265 Å². The molecule has 12 heteroatoms.